The minimum Gasteiger partial charge on any atom is -0.476 e. The number of rotatable bonds is 2. The number of fused-ring (bicyclic) bond motifs is 1. The lowest BCUT2D eigenvalue weighted by Gasteiger charge is -2.24. The second-order valence-corrected chi connectivity index (χ2v) is 5.73. The quantitative estimate of drug-likeness (QED) is 0.894. The fourth-order valence-electron chi connectivity index (χ4n) is 2.19. The summed E-state index contributed by atoms with van der Waals surface area (Å²) in [7, 11) is 0. The smallest absolute Gasteiger partial charge is 0.410 e. The molecule has 1 aliphatic rings. The number of carboxylic acid groups (broad SMARTS) is 1. The number of carbonyl (C=O) groups is 2. The second kappa shape index (κ2) is 4.81. The van der Waals surface area contributed by atoms with Gasteiger partial charge in [-0.15, -0.1) is 0 Å². The Bertz CT molecular complexity index is 557. The number of aryl methyl sites for hydroxylation is 1. The summed E-state index contributed by atoms with van der Waals surface area (Å²) >= 11 is 0. The van der Waals surface area contributed by atoms with Crippen molar-refractivity contribution in [2.45, 2.75) is 52.9 Å². The SMILES string of the molecule is CCn1nc(C(=O)O)c2c1CN(C(=O)OC(C)(C)C)C2. The molecular weight excluding hydrogens is 262 g/mol. The summed E-state index contributed by atoms with van der Waals surface area (Å²) in [6.07, 6.45) is -0.437. The van der Waals surface area contributed by atoms with Crippen molar-refractivity contribution in [1.82, 2.24) is 14.7 Å². The van der Waals surface area contributed by atoms with Gasteiger partial charge in [0.25, 0.3) is 0 Å². The van der Waals surface area contributed by atoms with Gasteiger partial charge in [-0.2, -0.15) is 5.10 Å². The van der Waals surface area contributed by atoms with E-state index in [1.165, 1.54) is 4.90 Å². The Balaban J connectivity index is 2.23. The van der Waals surface area contributed by atoms with E-state index >= 15 is 0 Å². The summed E-state index contributed by atoms with van der Waals surface area (Å²) in [6, 6.07) is 0. The molecule has 1 aromatic heterocycles. The first-order valence-corrected chi connectivity index (χ1v) is 6.52. The summed E-state index contributed by atoms with van der Waals surface area (Å²) in [5, 5.41) is 13.2. The Morgan fingerprint density at radius 3 is 2.50 bits per heavy atom. The van der Waals surface area contributed by atoms with Crippen LogP contribution < -0.4 is 0 Å². The van der Waals surface area contributed by atoms with Gasteiger partial charge in [-0.1, -0.05) is 0 Å². The lowest BCUT2D eigenvalue weighted by Crippen LogP contribution is -2.34. The van der Waals surface area contributed by atoms with Crippen LogP contribution in [0.5, 0.6) is 0 Å². The number of aromatic nitrogens is 2. The average Bonchev–Trinajstić information content (AvgIpc) is 2.83. The number of amides is 1. The van der Waals surface area contributed by atoms with Crippen LogP contribution >= 0.6 is 0 Å². The van der Waals surface area contributed by atoms with E-state index in [2.05, 4.69) is 5.10 Å². The van der Waals surface area contributed by atoms with Crippen LogP contribution in [0.3, 0.4) is 0 Å². The van der Waals surface area contributed by atoms with Gasteiger partial charge < -0.3 is 9.84 Å². The molecule has 0 saturated heterocycles. The van der Waals surface area contributed by atoms with E-state index in [9.17, 15) is 9.59 Å². The molecule has 7 heteroatoms. The standard InChI is InChI=1S/C13H19N3O4/c1-5-16-9-7-15(12(19)20-13(2,3)4)6-8(9)10(14-16)11(17)18/h5-7H2,1-4H3,(H,17,18). The molecule has 0 spiro atoms. The highest BCUT2D eigenvalue weighted by molar-refractivity contribution is 5.88. The number of carbonyl (C=O) groups excluding carboxylic acids is 1. The van der Waals surface area contributed by atoms with E-state index in [0.717, 1.165) is 5.69 Å². The monoisotopic (exact) mass is 281 g/mol. The third kappa shape index (κ3) is 2.61. The van der Waals surface area contributed by atoms with Crippen LogP contribution in [0, 0.1) is 0 Å². The third-order valence-corrected chi connectivity index (χ3v) is 3.01. The average molecular weight is 281 g/mol. The minimum absolute atomic E-state index is 0.0212. The Kier molecular flexibility index (Phi) is 3.45. The van der Waals surface area contributed by atoms with Crippen molar-refractivity contribution in [2.24, 2.45) is 0 Å². The van der Waals surface area contributed by atoms with Crippen LogP contribution in [0.1, 0.15) is 49.4 Å². The van der Waals surface area contributed by atoms with Crippen molar-refractivity contribution in [1.29, 1.82) is 0 Å². The molecular formula is C13H19N3O4. The van der Waals surface area contributed by atoms with Crippen LogP contribution in [0.15, 0.2) is 0 Å². The Hall–Kier alpha value is -2.05. The van der Waals surface area contributed by atoms with Crippen molar-refractivity contribution in [3.05, 3.63) is 17.0 Å². The normalized spacial score (nSPS) is 14.3. The predicted molar refractivity (Wildman–Crippen MR) is 70.3 cm³/mol. The van der Waals surface area contributed by atoms with Crippen LogP contribution in [0.2, 0.25) is 0 Å². The third-order valence-electron chi connectivity index (χ3n) is 3.01. The molecule has 1 N–H and O–H groups in total. The molecule has 0 atom stereocenters. The van der Waals surface area contributed by atoms with Crippen LogP contribution in [-0.4, -0.2) is 37.5 Å². The zero-order valence-electron chi connectivity index (χ0n) is 12.1. The first-order chi connectivity index (χ1) is 9.23. The fraction of sp³-hybridized carbons (Fsp3) is 0.615. The first kappa shape index (κ1) is 14.4. The second-order valence-electron chi connectivity index (χ2n) is 5.73. The molecule has 7 nitrogen and oxygen atoms in total. The van der Waals surface area contributed by atoms with E-state index in [0.29, 0.717) is 18.7 Å². The maximum atomic E-state index is 12.0. The number of ether oxygens (including phenoxy) is 1. The van der Waals surface area contributed by atoms with Gasteiger partial charge in [0, 0.05) is 12.1 Å². The lowest BCUT2D eigenvalue weighted by molar-refractivity contribution is 0.0236. The largest absolute Gasteiger partial charge is 0.476 e. The molecule has 0 aliphatic carbocycles. The molecule has 0 unspecified atom stereocenters. The van der Waals surface area contributed by atoms with Gasteiger partial charge in [0.15, 0.2) is 5.69 Å². The van der Waals surface area contributed by atoms with Gasteiger partial charge >= 0.3 is 12.1 Å². The number of hydrogen-bond donors (Lipinski definition) is 1. The topological polar surface area (TPSA) is 84.7 Å². The molecule has 0 bridgehead atoms. The summed E-state index contributed by atoms with van der Waals surface area (Å²) in [5.74, 6) is -1.07. The minimum atomic E-state index is -1.07. The molecule has 1 aliphatic heterocycles. The number of hydrogen-bond acceptors (Lipinski definition) is 4. The van der Waals surface area contributed by atoms with E-state index in [-0.39, 0.29) is 12.2 Å². The van der Waals surface area contributed by atoms with Crippen molar-refractivity contribution in [3.8, 4) is 0 Å². The van der Waals surface area contributed by atoms with Crippen molar-refractivity contribution < 1.29 is 19.4 Å². The zero-order chi connectivity index (χ0) is 15.1. The fourth-order valence-corrected chi connectivity index (χ4v) is 2.19. The molecule has 2 rings (SSSR count). The van der Waals surface area contributed by atoms with Gasteiger partial charge in [0.05, 0.1) is 18.8 Å². The summed E-state index contributed by atoms with van der Waals surface area (Å²) in [5.41, 5.74) is 0.826. The van der Waals surface area contributed by atoms with Gasteiger partial charge in [0.1, 0.15) is 5.60 Å². The van der Waals surface area contributed by atoms with E-state index in [4.69, 9.17) is 9.84 Å². The molecule has 2 heterocycles. The van der Waals surface area contributed by atoms with E-state index in [1.807, 2.05) is 6.92 Å². The number of aromatic carboxylic acids is 1. The number of nitrogens with zero attached hydrogens (tertiary/aromatic N) is 3. The van der Waals surface area contributed by atoms with Crippen molar-refractivity contribution >= 4 is 12.1 Å². The van der Waals surface area contributed by atoms with E-state index in [1.54, 1.807) is 25.5 Å². The molecule has 1 aromatic rings. The molecule has 110 valence electrons. The maximum absolute atomic E-state index is 12.0. The van der Waals surface area contributed by atoms with Crippen molar-refractivity contribution in [2.75, 3.05) is 0 Å². The highest BCUT2D eigenvalue weighted by Gasteiger charge is 2.34. The molecule has 0 saturated carbocycles. The molecule has 1 amide bonds. The van der Waals surface area contributed by atoms with Gasteiger partial charge in [-0.25, -0.2) is 9.59 Å². The van der Waals surface area contributed by atoms with Crippen LogP contribution in [0.4, 0.5) is 4.79 Å². The van der Waals surface area contributed by atoms with Crippen LogP contribution in [-0.2, 0) is 24.4 Å². The lowest BCUT2D eigenvalue weighted by atomic mass is 10.2. The molecule has 0 fully saturated rings. The Morgan fingerprint density at radius 1 is 1.35 bits per heavy atom. The van der Waals surface area contributed by atoms with Crippen LogP contribution in [0.25, 0.3) is 0 Å². The highest BCUT2D eigenvalue weighted by Crippen LogP contribution is 2.27. The molecule has 20 heavy (non-hydrogen) atoms. The summed E-state index contributed by atoms with van der Waals surface area (Å²) < 4.78 is 6.93. The highest BCUT2D eigenvalue weighted by atomic mass is 16.6. The zero-order valence-corrected chi connectivity index (χ0v) is 12.1. The number of carboxylic acids is 1. The maximum Gasteiger partial charge on any atom is 0.410 e. The molecule has 0 radical (unpaired) electrons. The Morgan fingerprint density at radius 2 is 2.00 bits per heavy atom. The van der Waals surface area contributed by atoms with Crippen molar-refractivity contribution in [3.63, 3.8) is 0 Å². The van der Waals surface area contributed by atoms with Gasteiger partial charge in [-0.3, -0.25) is 9.58 Å². The summed E-state index contributed by atoms with van der Waals surface area (Å²) in [4.78, 5) is 24.7. The molecule has 0 aromatic carbocycles. The predicted octanol–water partition coefficient (Wildman–Crippen LogP) is 1.85. The van der Waals surface area contributed by atoms with Gasteiger partial charge in [-0.05, 0) is 27.7 Å². The van der Waals surface area contributed by atoms with Gasteiger partial charge in [0.2, 0.25) is 0 Å². The summed E-state index contributed by atoms with van der Waals surface area (Å²) in [6.45, 7) is 8.40. The van der Waals surface area contributed by atoms with E-state index < -0.39 is 17.7 Å². The Labute approximate surface area is 117 Å². The first-order valence-electron chi connectivity index (χ1n) is 6.52.